The van der Waals surface area contributed by atoms with E-state index in [2.05, 4.69) is 9.55 Å². The largest absolute Gasteiger partial charge is 0.452 e. The standard InChI is InChI=1S/C24H26N2O5/c1-15-12-20(16(2)26(15)13-19-10-7-11-29-19)21(27)14-30-24(28)22-17(3)31-23(25-22)18-8-5-4-6-9-18/h4-6,8-9,12,19H,7,10-11,13-14H2,1-3H3. The van der Waals surface area contributed by atoms with Crippen molar-refractivity contribution in [2.75, 3.05) is 13.2 Å². The minimum Gasteiger partial charge on any atom is -0.452 e. The Morgan fingerprint density at radius 1 is 1.19 bits per heavy atom. The summed E-state index contributed by atoms with van der Waals surface area (Å²) in [5, 5.41) is 0. The van der Waals surface area contributed by atoms with Crippen molar-refractivity contribution in [1.29, 1.82) is 0 Å². The molecule has 0 bridgehead atoms. The van der Waals surface area contributed by atoms with Crippen molar-refractivity contribution in [2.45, 2.75) is 46.3 Å². The first-order chi connectivity index (χ1) is 14.9. The molecular formula is C24H26N2O5. The number of benzene rings is 1. The fourth-order valence-electron chi connectivity index (χ4n) is 3.92. The topological polar surface area (TPSA) is 83.6 Å². The second-order valence-corrected chi connectivity index (χ2v) is 7.82. The summed E-state index contributed by atoms with van der Waals surface area (Å²) in [5.74, 6) is -0.227. The van der Waals surface area contributed by atoms with Gasteiger partial charge in [0.25, 0.3) is 0 Å². The summed E-state index contributed by atoms with van der Waals surface area (Å²) in [6.45, 7) is 6.69. The first-order valence-electron chi connectivity index (χ1n) is 10.5. The molecule has 1 atom stereocenters. The van der Waals surface area contributed by atoms with E-state index in [1.54, 1.807) is 6.92 Å². The maximum absolute atomic E-state index is 12.8. The number of nitrogens with zero attached hydrogens (tertiary/aromatic N) is 2. The van der Waals surface area contributed by atoms with Gasteiger partial charge in [-0.25, -0.2) is 9.78 Å². The highest BCUT2D eigenvalue weighted by atomic mass is 16.5. The van der Waals surface area contributed by atoms with Crippen LogP contribution in [-0.2, 0) is 16.0 Å². The molecular weight excluding hydrogens is 396 g/mol. The summed E-state index contributed by atoms with van der Waals surface area (Å²) in [4.78, 5) is 29.5. The fourth-order valence-corrected chi connectivity index (χ4v) is 3.92. The molecule has 1 fully saturated rings. The average Bonchev–Trinajstić information content (AvgIpc) is 3.49. The fraction of sp³-hybridized carbons (Fsp3) is 0.375. The van der Waals surface area contributed by atoms with Gasteiger partial charge in [-0.15, -0.1) is 0 Å². The van der Waals surface area contributed by atoms with Crippen LogP contribution in [0.4, 0.5) is 0 Å². The van der Waals surface area contributed by atoms with Crippen LogP contribution in [0.15, 0.2) is 40.8 Å². The molecule has 0 spiro atoms. The van der Waals surface area contributed by atoms with Crippen LogP contribution in [0.2, 0.25) is 0 Å². The van der Waals surface area contributed by atoms with E-state index in [-0.39, 0.29) is 24.2 Å². The average molecular weight is 422 g/mol. The Bertz CT molecular complexity index is 1090. The van der Waals surface area contributed by atoms with Crippen LogP contribution in [0.5, 0.6) is 0 Å². The van der Waals surface area contributed by atoms with Gasteiger partial charge in [0.05, 0.1) is 6.10 Å². The molecule has 1 saturated heterocycles. The summed E-state index contributed by atoms with van der Waals surface area (Å²) >= 11 is 0. The van der Waals surface area contributed by atoms with E-state index in [1.165, 1.54) is 0 Å². The third kappa shape index (κ3) is 4.46. The molecule has 162 valence electrons. The van der Waals surface area contributed by atoms with Crippen molar-refractivity contribution < 1.29 is 23.5 Å². The number of Topliss-reactive ketones (excluding diaryl/α,β-unsaturated/α-hetero) is 1. The summed E-state index contributed by atoms with van der Waals surface area (Å²) in [6, 6.07) is 11.1. The molecule has 0 saturated carbocycles. The number of ether oxygens (including phenoxy) is 2. The third-order valence-corrected chi connectivity index (χ3v) is 5.63. The summed E-state index contributed by atoms with van der Waals surface area (Å²) < 4.78 is 18.7. The number of carbonyl (C=O) groups is 2. The molecule has 0 aliphatic carbocycles. The van der Waals surface area contributed by atoms with Crippen LogP contribution in [0.1, 0.15) is 50.8 Å². The van der Waals surface area contributed by atoms with Gasteiger partial charge in [-0.2, -0.15) is 0 Å². The Morgan fingerprint density at radius 3 is 2.68 bits per heavy atom. The van der Waals surface area contributed by atoms with E-state index < -0.39 is 5.97 Å². The van der Waals surface area contributed by atoms with Gasteiger partial charge in [-0.3, -0.25) is 4.79 Å². The Hall–Kier alpha value is -3.19. The van der Waals surface area contributed by atoms with E-state index in [1.807, 2.05) is 50.2 Å². The molecule has 0 radical (unpaired) electrons. The maximum atomic E-state index is 12.8. The van der Waals surface area contributed by atoms with Gasteiger partial charge in [-0.1, -0.05) is 18.2 Å². The van der Waals surface area contributed by atoms with E-state index in [9.17, 15) is 9.59 Å². The molecule has 0 amide bonds. The molecule has 1 aliphatic heterocycles. The summed E-state index contributed by atoms with van der Waals surface area (Å²) in [6.07, 6.45) is 2.28. The number of esters is 1. The first-order valence-corrected chi connectivity index (χ1v) is 10.5. The highest BCUT2D eigenvalue weighted by Crippen LogP contribution is 2.23. The monoisotopic (exact) mass is 422 g/mol. The lowest BCUT2D eigenvalue weighted by Crippen LogP contribution is -2.18. The minimum atomic E-state index is -0.676. The van der Waals surface area contributed by atoms with E-state index in [4.69, 9.17) is 13.9 Å². The smallest absolute Gasteiger partial charge is 0.361 e. The lowest BCUT2D eigenvalue weighted by Gasteiger charge is -2.14. The molecule has 2 aromatic heterocycles. The number of hydrogen-bond acceptors (Lipinski definition) is 6. The second kappa shape index (κ2) is 8.89. The van der Waals surface area contributed by atoms with Crippen molar-refractivity contribution in [3.63, 3.8) is 0 Å². The van der Waals surface area contributed by atoms with Gasteiger partial charge in [0.2, 0.25) is 11.7 Å². The third-order valence-electron chi connectivity index (χ3n) is 5.63. The van der Waals surface area contributed by atoms with Crippen molar-refractivity contribution in [2.24, 2.45) is 0 Å². The molecule has 7 nitrogen and oxygen atoms in total. The van der Waals surface area contributed by atoms with E-state index in [0.29, 0.717) is 17.2 Å². The molecule has 3 heterocycles. The van der Waals surface area contributed by atoms with Crippen molar-refractivity contribution in [3.8, 4) is 11.5 Å². The molecule has 0 N–H and O–H groups in total. The van der Waals surface area contributed by atoms with Crippen LogP contribution in [-0.4, -0.2) is 40.6 Å². The maximum Gasteiger partial charge on any atom is 0.361 e. The molecule has 7 heteroatoms. The highest BCUT2D eigenvalue weighted by Gasteiger charge is 2.24. The van der Waals surface area contributed by atoms with Gasteiger partial charge in [-0.05, 0) is 51.8 Å². The van der Waals surface area contributed by atoms with Crippen LogP contribution in [0.3, 0.4) is 0 Å². The first kappa shape index (κ1) is 21.1. The predicted molar refractivity (Wildman–Crippen MR) is 114 cm³/mol. The number of carbonyl (C=O) groups excluding carboxylic acids is 2. The highest BCUT2D eigenvalue weighted by molar-refractivity contribution is 6.00. The number of ketones is 1. The Kier molecular flexibility index (Phi) is 6.04. The molecule has 1 unspecified atom stereocenters. The number of aromatic nitrogens is 2. The van der Waals surface area contributed by atoms with E-state index >= 15 is 0 Å². The molecule has 4 rings (SSSR count). The molecule has 1 aliphatic rings. The minimum absolute atomic E-state index is 0.0792. The van der Waals surface area contributed by atoms with Gasteiger partial charge in [0.1, 0.15) is 5.76 Å². The van der Waals surface area contributed by atoms with Crippen LogP contribution < -0.4 is 0 Å². The van der Waals surface area contributed by atoms with Gasteiger partial charge in [0.15, 0.2) is 12.3 Å². The summed E-state index contributed by atoms with van der Waals surface area (Å²) in [5.41, 5.74) is 3.25. The van der Waals surface area contributed by atoms with Crippen LogP contribution in [0.25, 0.3) is 11.5 Å². The second-order valence-electron chi connectivity index (χ2n) is 7.82. The van der Waals surface area contributed by atoms with Gasteiger partial charge in [0, 0.05) is 35.7 Å². The van der Waals surface area contributed by atoms with Crippen molar-refractivity contribution >= 4 is 11.8 Å². The number of oxazole rings is 1. The zero-order valence-corrected chi connectivity index (χ0v) is 18.0. The Balaban J connectivity index is 1.42. The van der Waals surface area contributed by atoms with Crippen LogP contribution in [0, 0.1) is 20.8 Å². The molecule has 3 aromatic rings. The zero-order chi connectivity index (χ0) is 22.0. The van der Waals surface area contributed by atoms with E-state index in [0.717, 1.165) is 42.9 Å². The van der Waals surface area contributed by atoms with Gasteiger partial charge >= 0.3 is 5.97 Å². The molecule has 1 aromatic carbocycles. The lowest BCUT2D eigenvalue weighted by molar-refractivity contribution is 0.0467. The number of aryl methyl sites for hydroxylation is 2. The number of rotatable bonds is 7. The Morgan fingerprint density at radius 2 is 1.97 bits per heavy atom. The summed E-state index contributed by atoms with van der Waals surface area (Å²) in [7, 11) is 0. The van der Waals surface area contributed by atoms with Crippen LogP contribution >= 0.6 is 0 Å². The quantitative estimate of drug-likeness (QED) is 0.417. The zero-order valence-electron chi connectivity index (χ0n) is 18.0. The SMILES string of the molecule is Cc1oc(-c2ccccc2)nc1C(=O)OCC(=O)c1cc(C)n(CC2CCCO2)c1C. The van der Waals surface area contributed by atoms with Gasteiger partial charge < -0.3 is 18.5 Å². The lowest BCUT2D eigenvalue weighted by atomic mass is 10.1. The van der Waals surface area contributed by atoms with Crippen molar-refractivity contribution in [1.82, 2.24) is 9.55 Å². The van der Waals surface area contributed by atoms with Crippen molar-refractivity contribution in [3.05, 3.63) is 64.8 Å². The Labute approximate surface area is 181 Å². The predicted octanol–water partition coefficient (Wildman–Crippen LogP) is 4.29. The normalized spacial score (nSPS) is 15.9. The number of hydrogen-bond donors (Lipinski definition) is 0. The molecule has 31 heavy (non-hydrogen) atoms.